The third-order valence-corrected chi connectivity index (χ3v) is 6.00. The Hall–Kier alpha value is -3.81. The third kappa shape index (κ3) is 5.22. The molecule has 0 spiro atoms. The SMILES string of the molecule is CCNC(=O)N(CC(=O)Nc1nc(-c2ccc(OC)cc2)cn1-c1ccc(C)c(C)c1)C1CC1. The van der Waals surface area contributed by atoms with Crippen molar-refractivity contribution in [3.8, 4) is 22.7 Å². The average Bonchev–Trinajstić information content (AvgIpc) is 3.59. The molecule has 1 heterocycles. The normalized spacial score (nSPS) is 12.8. The Morgan fingerprint density at radius 2 is 1.85 bits per heavy atom. The molecule has 1 fully saturated rings. The summed E-state index contributed by atoms with van der Waals surface area (Å²) < 4.78 is 7.13. The summed E-state index contributed by atoms with van der Waals surface area (Å²) in [6.07, 6.45) is 3.75. The van der Waals surface area contributed by atoms with Crippen LogP contribution in [0.25, 0.3) is 16.9 Å². The maximum absolute atomic E-state index is 13.0. The highest BCUT2D eigenvalue weighted by Crippen LogP contribution is 2.28. The number of nitrogens with one attached hydrogen (secondary N) is 2. The van der Waals surface area contributed by atoms with E-state index in [1.54, 1.807) is 12.0 Å². The number of benzene rings is 2. The Morgan fingerprint density at radius 1 is 1.12 bits per heavy atom. The number of imidazole rings is 1. The van der Waals surface area contributed by atoms with Gasteiger partial charge < -0.3 is 15.0 Å². The van der Waals surface area contributed by atoms with E-state index in [-0.39, 0.29) is 24.5 Å². The number of nitrogens with zero attached hydrogens (tertiary/aromatic N) is 3. The molecule has 0 aliphatic heterocycles. The van der Waals surface area contributed by atoms with Crippen LogP contribution in [0.15, 0.2) is 48.7 Å². The van der Waals surface area contributed by atoms with Gasteiger partial charge in [-0.2, -0.15) is 0 Å². The van der Waals surface area contributed by atoms with Crippen molar-refractivity contribution in [2.45, 2.75) is 39.7 Å². The minimum atomic E-state index is -0.282. The fraction of sp³-hybridized carbons (Fsp3) is 0.346. The lowest BCUT2D eigenvalue weighted by Crippen LogP contribution is -2.45. The minimum absolute atomic E-state index is 0.0197. The molecule has 0 saturated heterocycles. The molecular formula is C26H31N5O3. The molecule has 4 rings (SSSR count). The fourth-order valence-corrected chi connectivity index (χ4v) is 3.77. The molecule has 1 aliphatic rings. The predicted molar refractivity (Wildman–Crippen MR) is 132 cm³/mol. The van der Waals surface area contributed by atoms with Crippen molar-refractivity contribution in [2.75, 3.05) is 25.5 Å². The molecule has 1 aromatic heterocycles. The lowest BCUT2D eigenvalue weighted by atomic mass is 10.1. The van der Waals surface area contributed by atoms with E-state index in [0.29, 0.717) is 12.5 Å². The molecule has 8 nitrogen and oxygen atoms in total. The van der Waals surface area contributed by atoms with E-state index < -0.39 is 0 Å². The molecule has 1 aliphatic carbocycles. The summed E-state index contributed by atoms with van der Waals surface area (Å²) >= 11 is 0. The molecule has 3 amide bonds. The van der Waals surface area contributed by atoms with Gasteiger partial charge in [-0.15, -0.1) is 0 Å². The zero-order chi connectivity index (χ0) is 24.2. The maximum Gasteiger partial charge on any atom is 0.318 e. The number of urea groups is 1. The Kier molecular flexibility index (Phi) is 6.86. The molecule has 8 heteroatoms. The zero-order valence-corrected chi connectivity index (χ0v) is 20.1. The molecule has 0 atom stereocenters. The monoisotopic (exact) mass is 461 g/mol. The predicted octanol–water partition coefficient (Wildman–Crippen LogP) is 4.30. The lowest BCUT2D eigenvalue weighted by Gasteiger charge is -2.22. The fourth-order valence-electron chi connectivity index (χ4n) is 3.77. The number of hydrogen-bond acceptors (Lipinski definition) is 4. The number of carbonyl (C=O) groups is 2. The van der Waals surface area contributed by atoms with Crippen LogP contribution in [0.1, 0.15) is 30.9 Å². The Bertz CT molecular complexity index is 1180. The van der Waals surface area contributed by atoms with Crippen molar-refractivity contribution in [1.82, 2.24) is 19.8 Å². The first-order valence-corrected chi connectivity index (χ1v) is 11.6. The van der Waals surface area contributed by atoms with Crippen LogP contribution in [0.4, 0.5) is 10.7 Å². The van der Waals surface area contributed by atoms with Gasteiger partial charge in [-0.1, -0.05) is 6.07 Å². The number of methoxy groups -OCH3 is 1. The van der Waals surface area contributed by atoms with Crippen molar-refractivity contribution in [2.24, 2.45) is 0 Å². The van der Waals surface area contributed by atoms with Crippen LogP contribution in [0.2, 0.25) is 0 Å². The summed E-state index contributed by atoms with van der Waals surface area (Å²) in [6, 6.07) is 13.6. The van der Waals surface area contributed by atoms with Crippen LogP contribution in [-0.2, 0) is 4.79 Å². The topological polar surface area (TPSA) is 88.5 Å². The van der Waals surface area contributed by atoms with E-state index in [4.69, 9.17) is 9.72 Å². The van der Waals surface area contributed by atoms with Gasteiger partial charge in [0.05, 0.1) is 12.8 Å². The van der Waals surface area contributed by atoms with E-state index >= 15 is 0 Å². The Balaban J connectivity index is 1.63. The van der Waals surface area contributed by atoms with Crippen LogP contribution >= 0.6 is 0 Å². The number of aromatic nitrogens is 2. The largest absolute Gasteiger partial charge is 0.497 e. The van der Waals surface area contributed by atoms with Gasteiger partial charge in [0.15, 0.2) is 0 Å². The summed E-state index contributed by atoms with van der Waals surface area (Å²) in [5, 5.41) is 5.73. The van der Waals surface area contributed by atoms with E-state index in [2.05, 4.69) is 30.5 Å². The molecule has 3 aromatic rings. The lowest BCUT2D eigenvalue weighted by molar-refractivity contribution is -0.116. The number of anilines is 1. The molecule has 178 valence electrons. The van der Waals surface area contributed by atoms with Crippen molar-refractivity contribution in [1.29, 1.82) is 0 Å². The second-order valence-electron chi connectivity index (χ2n) is 8.56. The van der Waals surface area contributed by atoms with Crippen molar-refractivity contribution >= 4 is 17.9 Å². The van der Waals surface area contributed by atoms with Crippen molar-refractivity contribution in [3.63, 3.8) is 0 Å². The highest BCUT2D eigenvalue weighted by Gasteiger charge is 2.34. The van der Waals surface area contributed by atoms with Gasteiger partial charge in [0.2, 0.25) is 11.9 Å². The molecule has 0 bridgehead atoms. The van der Waals surface area contributed by atoms with Gasteiger partial charge in [-0.3, -0.25) is 14.7 Å². The molecule has 0 unspecified atom stereocenters. The molecule has 0 radical (unpaired) electrons. The first-order chi connectivity index (χ1) is 16.4. The van der Waals surface area contributed by atoms with Crippen LogP contribution in [0.3, 0.4) is 0 Å². The summed E-state index contributed by atoms with van der Waals surface area (Å²) in [4.78, 5) is 31.7. The standard InChI is InChI=1S/C26H31N5O3/c1-5-27-26(33)31(20-10-11-20)16-24(32)29-25-28-23(19-7-12-22(34-4)13-8-19)15-30(25)21-9-6-17(2)18(3)14-21/h6-9,12-15,20H,5,10-11,16H2,1-4H3,(H,27,33)(H,28,29,32). The van der Waals surface area contributed by atoms with Crippen LogP contribution in [-0.4, -0.2) is 52.6 Å². The molecule has 34 heavy (non-hydrogen) atoms. The number of aryl methyl sites for hydroxylation is 2. The maximum atomic E-state index is 13.0. The Labute approximate surface area is 199 Å². The second kappa shape index (κ2) is 9.99. The van der Waals surface area contributed by atoms with Crippen molar-refractivity contribution in [3.05, 3.63) is 59.8 Å². The van der Waals surface area contributed by atoms with Crippen molar-refractivity contribution < 1.29 is 14.3 Å². The molecule has 2 aromatic carbocycles. The number of hydrogen-bond donors (Lipinski definition) is 2. The zero-order valence-electron chi connectivity index (χ0n) is 20.1. The molecule has 2 N–H and O–H groups in total. The van der Waals surface area contributed by atoms with E-state index in [1.807, 2.05) is 54.1 Å². The van der Waals surface area contributed by atoms with Gasteiger partial charge >= 0.3 is 6.03 Å². The van der Waals surface area contributed by atoms with Crippen LogP contribution in [0.5, 0.6) is 5.75 Å². The summed E-state index contributed by atoms with van der Waals surface area (Å²) in [5.74, 6) is 0.886. The highest BCUT2D eigenvalue weighted by atomic mass is 16.5. The van der Waals surface area contributed by atoms with Gasteiger partial charge in [-0.25, -0.2) is 9.78 Å². The first kappa shape index (κ1) is 23.4. The first-order valence-electron chi connectivity index (χ1n) is 11.6. The van der Waals surface area contributed by atoms with Gasteiger partial charge in [0.1, 0.15) is 12.3 Å². The number of rotatable bonds is 8. The minimum Gasteiger partial charge on any atom is -0.497 e. The molecule has 1 saturated carbocycles. The van der Waals surface area contributed by atoms with E-state index in [9.17, 15) is 9.59 Å². The second-order valence-corrected chi connectivity index (χ2v) is 8.56. The average molecular weight is 462 g/mol. The summed E-state index contributed by atoms with van der Waals surface area (Å²) in [6.45, 7) is 6.48. The van der Waals surface area contributed by atoms with E-state index in [1.165, 1.54) is 5.56 Å². The summed E-state index contributed by atoms with van der Waals surface area (Å²) in [5.41, 5.74) is 4.85. The molecular weight excluding hydrogens is 430 g/mol. The highest BCUT2D eigenvalue weighted by molar-refractivity contribution is 5.93. The number of carbonyl (C=O) groups excluding carboxylic acids is 2. The van der Waals surface area contributed by atoms with Crippen LogP contribution < -0.4 is 15.4 Å². The van der Waals surface area contributed by atoms with Gasteiger partial charge in [0, 0.05) is 30.0 Å². The Morgan fingerprint density at radius 3 is 2.47 bits per heavy atom. The van der Waals surface area contributed by atoms with Gasteiger partial charge in [-0.05, 0) is 81.1 Å². The smallest absolute Gasteiger partial charge is 0.318 e. The number of ether oxygens (including phenoxy) is 1. The van der Waals surface area contributed by atoms with Gasteiger partial charge in [0.25, 0.3) is 0 Å². The van der Waals surface area contributed by atoms with E-state index in [0.717, 1.165) is 41.1 Å². The third-order valence-electron chi connectivity index (χ3n) is 6.00. The number of amides is 3. The van der Waals surface area contributed by atoms with Crippen LogP contribution in [0, 0.1) is 13.8 Å². The summed E-state index contributed by atoms with van der Waals surface area (Å²) in [7, 11) is 1.63. The quantitative estimate of drug-likeness (QED) is 0.524.